The molecule has 1 fully saturated rings. The molecule has 17 heavy (non-hydrogen) atoms. The highest BCUT2D eigenvalue weighted by Gasteiger charge is 2.42. The first kappa shape index (κ1) is 14.2. The van der Waals surface area contributed by atoms with Crippen LogP contribution in [0.4, 0.5) is 13.2 Å². The zero-order valence-corrected chi connectivity index (χ0v) is 9.63. The SMILES string of the molecule is CCCOC1CCN(OC(=O)C(F)(F)F)CC1. The predicted molar refractivity (Wildman–Crippen MR) is 53.0 cm³/mol. The summed E-state index contributed by atoms with van der Waals surface area (Å²) in [4.78, 5) is 14.8. The molecule has 0 unspecified atom stereocenters. The summed E-state index contributed by atoms with van der Waals surface area (Å²) in [5.74, 6) is -2.16. The summed E-state index contributed by atoms with van der Waals surface area (Å²) in [5.41, 5.74) is 0. The van der Waals surface area contributed by atoms with Crippen LogP contribution in [0.3, 0.4) is 0 Å². The van der Waals surface area contributed by atoms with E-state index in [2.05, 4.69) is 4.84 Å². The fourth-order valence-corrected chi connectivity index (χ4v) is 1.54. The zero-order valence-electron chi connectivity index (χ0n) is 9.63. The Morgan fingerprint density at radius 2 is 1.94 bits per heavy atom. The molecule has 0 spiro atoms. The molecule has 1 saturated heterocycles. The van der Waals surface area contributed by atoms with Crippen molar-refractivity contribution in [2.75, 3.05) is 19.7 Å². The van der Waals surface area contributed by atoms with Crippen LogP contribution in [-0.4, -0.2) is 43.0 Å². The molecule has 0 bridgehead atoms. The molecule has 7 heteroatoms. The highest BCUT2D eigenvalue weighted by molar-refractivity contribution is 5.75. The van der Waals surface area contributed by atoms with Crippen molar-refractivity contribution in [2.24, 2.45) is 0 Å². The summed E-state index contributed by atoms with van der Waals surface area (Å²) >= 11 is 0. The molecule has 1 heterocycles. The molecule has 0 aromatic rings. The van der Waals surface area contributed by atoms with Gasteiger partial charge in [-0.3, -0.25) is 0 Å². The minimum absolute atomic E-state index is 0.0517. The minimum Gasteiger partial charge on any atom is -0.378 e. The Labute approximate surface area is 97.6 Å². The van der Waals surface area contributed by atoms with Gasteiger partial charge in [0.1, 0.15) is 0 Å². The predicted octanol–water partition coefficient (Wildman–Crippen LogP) is 1.90. The Morgan fingerprint density at radius 3 is 2.41 bits per heavy atom. The topological polar surface area (TPSA) is 38.8 Å². The Hall–Kier alpha value is -0.820. The molecule has 0 radical (unpaired) electrons. The molecule has 0 aromatic carbocycles. The van der Waals surface area contributed by atoms with Gasteiger partial charge in [0.25, 0.3) is 0 Å². The standard InChI is InChI=1S/C10H16F3NO3/c1-2-7-16-8-3-5-14(6-4-8)17-9(15)10(11,12)13/h8H,2-7H2,1H3. The monoisotopic (exact) mass is 255 g/mol. The second-order valence-corrected chi connectivity index (χ2v) is 3.88. The smallest absolute Gasteiger partial charge is 0.378 e. The summed E-state index contributed by atoms with van der Waals surface area (Å²) in [6.45, 7) is 3.18. The van der Waals surface area contributed by atoms with Crippen molar-refractivity contribution >= 4 is 5.97 Å². The van der Waals surface area contributed by atoms with Crippen LogP contribution >= 0.6 is 0 Å². The van der Waals surface area contributed by atoms with Crippen molar-refractivity contribution in [3.05, 3.63) is 0 Å². The van der Waals surface area contributed by atoms with E-state index in [-0.39, 0.29) is 19.2 Å². The van der Waals surface area contributed by atoms with E-state index < -0.39 is 12.1 Å². The quantitative estimate of drug-likeness (QED) is 0.769. The number of rotatable bonds is 4. The summed E-state index contributed by atoms with van der Waals surface area (Å²) in [7, 11) is 0. The average molecular weight is 255 g/mol. The van der Waals surface area contributed by atoms with Crippen LogP contribution in [0.2, 0.25) is 0 Å². The molecule has 1 rings (SSSR count). The van der Waals surface area contributed by atoms with Gasteiger partial charge in [-0.05, 0) is 19.3 Å². The van der Waals surface area contributed by atoms with Crippen LogP contribution in [0.15, 0.2) is 0 Å². The third-order valence-electron chi connectivity index (χ3n) is 2.40. The summed E-state index contributed by atoms with van der Waals surface area (Å²) < 4.78 is 41.2. The van der Waals surface area contributed by atoms with Crippen LogP contribution in [0.1, 0.15) is 26.2 Å². The van der Waals surface area contributed by atoms with Crippen molar-refractivity contribution in [1.82, 2.24) is 5.06 Å². The maximum Gasteiger partial charge on any atom is 0.492 e. The van der Waals surface area contributed by atoms with Crippen LogP contribution < -0.4 is 0 Å². The second kappa shape index (κ2) is 6.20. The molecule has 0 saturated carbocycles. The molecule has 0 N–H and O–H groups in total. The van der Waals surface area contributed by atoms with Crippen molar-refractivity contribution in [3.8, 4) is 0 Å². The molecule has 4 nitrogen and oxygen atoms in total. The lowest BCUT2D eigenvalue weighted by Gasteiger charge is -2.30. The number of carbonyl (C=O) groups excluding carboxylic acids is 1. The van der Waals surface area contributed by atoms with E-state index in [4.69, 9.17) is 4.74 Å². The van der Waals surface area contributed by atoms with E-state index in [0.717, 1.165) is 11.5 Å². The van der Waals surface area contributed by atoms with Crippen molar-refractivity contribution in [1.29, 1.82) is 0 Å². The Kier molecular flexibility index (Phi) is 5.20. The van der Waals surface area contributed by atoms with Crippen LogP contribution in [-0.2, 0) is 14.4 Å². The third kappa shape index (κ3) is 4.91. The zero-order chi connectivity index (χ0) is 12.9. The number of alkyl halides is 3. The first-order valence-electron chi connectivity index (χ1n) is 5.59. The highest BCUT2D eigenvalue weighted by atomic mass is 19.4. The number of hydrogen-bond donors (Lipinski definition) is 0. The Bertz CT molecular complexity index is 250. The van der Waals surface area contributed by atoms with Gasteiger partial charge >= 0.3 is 12.1 Å². The van der Waals surface area contributed by atoms with Gasteiger partial charge in [-0.2, -0.15) is 13.2 Å². The summed E-state index contributed by atoms with van der Waals surface area (Å²) in [5, 5.41) is 1.04. The van der Waals surface area contributed by atoms with Gasteiger partial charge in [0.05, 0.1) is 6.10 Å². The molecule has 0 aromatic heterocycles. The number of halogens is 3. The van der Waals surface area contributed by atoms with Gasteiger partial charge < -0.3 is 9.57 Å². The van der Waals surface area contributed by atoms with Crippen LogP contribution in [0, 0.1) is 0 Å². The van der Waals surface area contributed by atoms with E-state index in [1.165, 1.54) is 0 Å². The van der Waals surface area contributed by atoms with Gasteiger partial charge in [-0.25, -0.2) is 4.79 Å². The molecule has 100 valence electrons. The van der Waals surface area contributed by atoms with E-state index in [1.54, 1.807) is 0 Å². The fraction of sp³-hybridized carbons (Fsp3) is 0.900. The Balaban J connectivity index is 2.25. The molecular weight excluding hydrogens is 239 g/mol. The summed E-state index contributed by atoms with van der Waals surface area (Å²) in [6.07, 6.45) is -2.83. The molecule has 1 aliphatic heterocycles. The van der Waals surface area contributed by atoms with Crippen LogP contribution in [0.5, 0.6) is 0 Å². The first-order valence-corrected chi connectivity index (χ1v) is 5.59. The second-order valence-electron chi connectivity index (χ2n) is 3.88. The molecule has 0 amide bonds. The number of nitrogens with zero attached hydrogens (tertiary/aromatic N) is 1. The van der Waals surface area contributed by atoms with E-state index in [0.29, 0.717) is 19.4 Å². The lowest BCUT2D eigenvalue weighted by atomic mass is 10.1. The minimum atomic E-state index is -4.93. The van der Waals surface area contributed by atoms with Crippen LogP contribution in [0.25, 0.3) is 0 Å². The number of hydrogen-bond acceptors (Lipinski definition) is 4. The Morgan fingerprint density at radius 1 is 1.35 bits per heavy atom. The largest absolute Gasteiger partial charge is 0.492 e. The van der Waals surface area contributed by atoms with Gasteiger partial charge in [0.15, 0.2) is 0 Å². The van der Waals surface area contributed by atoms with Crippen molar-refractivity contribution < 1.29 is 27.5 Å². The number of piperidine rings is 1. The average Bonchev–Trinajstić information content (AvgIpc) is 2.27. The number of carbonyl (C=O) groups is 1. The van der Waals surface area contributed by atoms with E-state index >= 15 is 0 Å². The molecule has 0 atom stereocenters. The maximum absolute atomic E-state index is 11.9. The van der Waals surface area contributed by atoms with Crippen molar-refractivity contribution in [2.45, 2.75) is 38.5 Å². The van der Waals surface area contributed by atoms with Crippen molar-refractivity contribution in [3.63, 3.8) is 0 Å². The first-order chi connectivity index (χ1) is 7.93. The normalized spacial score (nSPS) is 19.3. The van der Waals surface area contributed by atoms with Gasteiger partial charge in [-0.15, -0.1) is 5.06 Å². The molecular formula is C10H16F3NO3. The summed E-state index contributed by atoms with van der Waals surface area (Å²) in [6, 6.07) is 0. The van der Waals surface area contributed by atoms with Gasteiger partial charge in [0, 0.05) is 19.7 Å². The van der Waals surface area contributed by atoms with E-state index in [9.17, 15) is 18.0 Å². The van der Waals surface area contributed by atoms with Gasteiger partial charge in [-0.1, -0.05) is 6.92 Å². The number of hydroxylamine groups is 2. The molecule has 1 aliphatic rings. The molecule has 0 aliphatic carbocycles. The third-order valence-corrected chi connectivity index (χ3v) is 2.40. The lowest BCUT2D eigenvalue weighted by molar-refractivity contribution is -0.244. The lowest BCUT2D eigenvalue weighted by Crippen LogP contribution is -2.41. The van der Waals surface area contributed by atoms with Gasteiger partial charge in [0.2, 0.25) is 0 Å². The fourth-order valence-electron chi connectivity index (χ4n) is 1.54. The maximum atomic E-state index is 11.9. The van der Waals surface area contributed by atoms with E-state index in [1.807, 2.05) is 6.92 Å². The number of ether oxygens (including phenoxy) is 1. The highest BCUT2D eigenvalue weighted by Crippen LogP contribution is 2.20.